The largest absolute Gasteiger partial charge is 0.495 e. The molecule has 2 aliphatic rings. The van der Waals surface area contributed by atoms with Crippen molar-refractivity contribution in [2.75, 3.05) is 23.9 Å². The standard InChI is InChI=1S/C20H18ClN5O4/c1-11-3-5-12(6-4-11)22-16(27)10-25-18-17(23-24-25)19(28)26(20(18)29)13-7-8-15(30-2)14(21)9-13/h3-9,17-18H,10H2,1-2H3,(H,22,27)/t17-,18+/m1/s1. The Labute approximate surface area is 177 Å². The van der Waals surface area contributed by atoms with E-state index in [2.05, 4.69) is 15.7 Å². The van der Waals surface area contributed by atoms with Crippen molar-refractivity contribution in [3.8, 4) is 5.75 Å². The van der Waals surface area contributed by atoms with Crippen LogP contribution in [0.3, 0.4) is 0 Å². The third-order valence-corrected chi connectivity index (χ3v) is 5.19. The number of nitrogens with one attached hydrogen (secondary N) is 1. The molecule has 4 rings (SSSR count). The van der Waals surface area contributed by atoms with Crippen LogP contribution in [-0.2, 0) is 14.4 Å². The second kappa shape index (κ2) is 7.75. The van der Waals surface area contributed by atoms with Crippen molar-refractivity contribution < 1.29 is 19.1 Å². The number of imide groups is 1. The molecule has 2 aromatic carbocycles. The number of ether oxygens (including phenoxy) is 1. The van der Waals surface area contributed by atoms with Gasteiger partial charge in [-0.05, 0) is 37.3 Å². The predicted molar refractivity (Wildman–Crippen MR) is 109 cm³/mol. The summed E-state index contributed by atoms with van der Waals surface area (Å²) in [6.07, 6.45) is 0. The van der Waals surface area contributed by atoms with E-state index in [4.69, 9.17) is 16.3 Å². The van der Waals surface area contributed by atoms with E-state index in [1.165, 1.54) is 18.2 Å². The molecule has 1 fully saturated rings. The number of anilines is 2. The molecule has 30 heavy (non-hydrogen) atoms. The maximum atomic E-state index is 13.0. The Bertz CT molecular complexity index is 1060. The molecule has 0 aromatic heterocycles. The zero-order chi connectivity index (χ0) is 21.4. The highest BCUT2D eigenvalue weighted by molar-refractivity contribution is 6.33. The van der Waals surface area contributed by atoms with Crippen LogP contribution in [0, 0.1) is 6.92 Å². The summed E-state index contributed by atoms with van der Waals surface area (Å²) in [4.78, 5) is 39.2. The maximum absolute atomic E-state index is 13.0. The number of hydrogen-bond acceptors (Lipinski definition) is 7. The highest BCUT2D eigenvalue weighted by atomic mass is 35.5. The average Bonchev–Trinajstić information content (AvgIpc) is 3.23. The Kier molecular flexibility index (Phi) is 5.13. The fourth-order valence-corrected chi connectivity index (χ4v) is 3.64. The normalized spacial score (nSPS) is 20.0. The molecule has 0 saturated carbocycles. The fraction of sp³-hybridized carbons (Fsp3) is 0.250. The quantitative estimate of drug-likeness (QED) is 0.738. The summed E-state index contributed by atoms with van der Waals surface area (Å²) in [6, 6.07) is 9.95. The van der Waals surface area contributed by atoms with Crippen molar-refractivity contribution in [3.63, 3.8) is 0 Å². The Balaban J connectivity index is 1.49. The van der Waals surface area contributed by atoms with Gasteiger partial charge in [-0.1, -0.05) is 34.5 Å². The highest BCUT2D eigenvalue weighted by Gasteiger charge is 2.55. The number of carbonyl (C=O) groups is 3. The molecule has 0 radical (unpaired) electrons. The maximum Gasteiger partial charge on any atom is 0.263 e. The monoisotopic (exact) mass is 427 g/mol. The third kappa shape index (κ3) is 3.48. The number of halogens is 1. The van der Waals surface area contributed by atoms with E-state index >= 15 is 0 Å². The van der Waals surface area contributed by atoms with Crippen molar-refractivity contribution in [2.45, 2.75) is 19.0 Å². The second-order valence-electron chi connectivity index (χ2n) is 6.94. The van der Waals surface area contributed by atoms with Crippen LogP contribution in [0.4, 0.5) is 11.4 Å². The first-order valence-corrected chi connectivity index (χ1v) is 9.52. The van der Waals surface area contributed by atoms with Gasteiger partial charge in [-0.2, -0.15) is 5.11 Å². The van der Waals surface area contributed by atoms with E-state index in [1.54, 1.807) is 24.3 Å². The Morgan fingerprint density at radius 1 is 1.17 bits per heavy atom. The summed E-state index contributed by atoms with van der Waals surface area (Å²) >= 11 is 6.13. The van der Waals surface area contributed by atoms with Gasteiger partial charge in [0, 0.05) is 5.69 Å². The Hall–Kier alpha value is -3.46. The van der Waals surface area contributed by atoms with E-state index in [0.717, 1.165) is 10.5 Å². The number of benzene rings is 2. The van der Waals surface area contributed by atoms with Crippen molar-refractivity contribution in [3.05, 3.63) is 53.1 Å². The Morgan fingerprint density at radius 2 is 1.90 bits per heavy atom. The van der Waals surface area contributed by atoms with Gasteiger partial charge in [0.05, 0.1) is 17.8 Å². The second-order valence-corrected chi connectivity index (χ2v) is 7.34. The Morgan fingerprint density at radius 3 is 2.57 bits per heavy atom. The molecule has 2 atom stereocenters. The molecule has 2 heterocycles. The number of aryl methyl sites for hydroxylation is 1. The van der Waals surface area contributed by atoms with Crippen molar-refractivity contribution in [2.24, 2.45) is 10.3 Å². The number of nitrogens with zero attached hydrogens (tertiary/aromatic N) is 4. The minimum Gasteiger partial charge on any atom is -0.495 e. The summed E-state index contributed by atoms with van der Waals surface area (Å²) in [6.45, 7) is 1.73. The molecule has 0 spiro atoms. The smallest absolute Gasteiger partial charge is 0.263 e. The van der Waals surface area contributed by atoms with Crippen LogP contribution in [0.25, 0.3) is 0 Å². The minimum absolute atomic E-state index is 0.214. The number of methoxy groups -OCH3 is 1. The molecule has 10 heteroatoms. The number of fused-ring (bicyclic) bond motifs is 1. The van der Waals surface area contributed by atoms with Gasteiger partial charge in [-0.15, -0.1) is 0 Å². The zero-order valence-corrected chi connectivity index (χ0v) is 17.0. The summed E-state index contributed by atoms with van der Waals surface area (Å²) in [7, 11) is 1.47. The van der Waals surface area contributed by atoms with Crippen molar-refractivity contribution in [1.29, 1.82) is 0 Å². The topological polar surface area (TPSA) is 104 Å². The van der Waals surface area contributed by atoms with Gasteiger partial charge < -0.3 is 10.1 Å². The first-order valence-electron chi connectivity index (χ1n) is 9.14. The van der Waals surface area contributed by atoms with Gasteiger partial charge in [-0.25, -0.2) is 4.90 Å². The summed E-state index contributed by atoms with van der Waals surface area (Å²) in [5, 5.41) is 12.0. The lowest BCUT2D eigenvalue weighted by atomic mass is 10.1. The molecule has 0 unspecified atom stereocenters. The van der Waals surface area contributed by atoms with E-state index in [-0.39, 0.29) is 17.5 Å². The summed E-state index contributed by atoms with van der Waals surface area (Å²) < 4.78 is 5.10. The molecule has 154 valence electrons. The van der Waals surface area contributed by atoms with Crippen LogP contribution in [0.5, 0.6) is 5.75 Å². The number of hydrogen-bond donors (Lipinski definition) is 1. The van der Waals surface area contributed by atoms with Crippen LogP contribution in [0.15, 0.2) is 52.8 Å². The fourth-order valence-electron chi connectivity index (χ4n) is 3.39. The van der Waals surface area contributed by atoms with Gasteiger partial charge in [0.2, 0.25) is 5.91 Å². The van der Waals surface area contributed by atoms with Gasteiger partial charge in [0.25, 0.3) is 11.8 Å². The molecular weight excluding hydrogens is 410 g/mol. The van der Waals surface area contributed by atoms with Crippen molar-refractivity contribution in [1.82, 2.24) is 5.01 Å². The lowest BCUT2D eigenvalue weighted by Crippen LogP contribution is -2.43. The van der Waals surface area contributed by atoms with E-state index in [9.17, 15) is 14.4 Å². The van der Waals surface area contributed by atoms with Crippen LogP contribution in [0.2, 0.25) is 5.02 Å². The number of carbonyl (C=O) groups excluding carboxylic acids is 3. The third-order valence-electron chi connectivity index (χ3n) is 4.89. The van der Waals surface area contributed by atoms with E-state index in [0.29, 0.717) is 17.1 Å². The molecule has 9 nitrogen and oxygen atoms in total. The zero-order valence-electron chi connectivity index (χ0n) is 16.2. The number of rotatable bonds is 5. The molecule has 3 amide bonds. The average molecular weight is 428 g/mol. The summed E-state index contributed by atoms with van der Waals surface area (Å²) in [5.74, 6) is -0.978. The molecule has 2 aliphatic heterocycles. The molecule has 1 N–H and O–H groups in total. The van der Waals surface area contributed by atoms with Crippen molar-refractivity contribution >= 4 is 40.7 Å². The van der Waals surface area contributed by atoms with Crippen LogP contribution in [0.1, 0.15) is 5.56 Å². The first-order chi connectivity index (χ1) is 14.4. The molecule has 1 saturated heterocycles. The lowest BCUT2D eigenvalue weighted by molar-refractivity contribution is -0.123. The molecule has 2 aromatic rings. The van der Waals surface area contributed by atoms with Gasteiger partial charge in [-0.3, -0.25) is 19.4 Å². The van der Waals surface area contributed by atoms with Crippen LogP contribution < -0.4 is 15.0 Å². The number of amides is 3. The molecular formula is C20H18ClN5O4. The van der Waals surface area contributed by atoms with Gasteiger partial charge >= 0.3 is 0 Å². The van der Waals surface area contributed by atoms with E-state index in [1.807, 2.05) is 19.1 Å². The van der Waals surface area contributed by atoms with Gasteiger partial charge in [0.15, 0.2) is 12.1 Å². The van der Waals surface area contributed by atoms with E-state index < -0.39 is 23.9 Å². The molecule has 0 aliphatic carbocycles. The molecule has 0 bridgehead atoms. The highest BCUT2D eigenvalue weighted by Crippen LogP contribution is 2.35. The van der Waals surface area contributed by atoms with Gasteiger partial charge in [0.1, 0.15) is 12.3 Å². The first kappa shape index (κ1) is 19.8. The van der Waals surface area contributed by atoms with Crippen LogP contribution in [-0.4, -0.2) is 48.5 Å². The summed E-state index contributed by atoms with van der Waals surface area (Å²) in [5.41, 5.74) is 2.00. The predicted octanol–water partition coefficient (Wildman–Crippen LogP) is 2.59. The lowest BCUT2D eigenvalue weighted by Gasteiger charge is -2.20. The SMILES string of the molecule is COc1ccc(N2C(=O)[C@@H]3[C@@H](N=NN3CC(=O)Nc3ccc(C)cc3)C2=O)cc1Cl. The van der Waals surface area contributed by atoms with Crippen LogP contribution >= 0.6 is 11.6 Å². The minimum atomic E-state index is -0.995.